The summed E-state index contributed by atoms with van der Waals surface area (Å²) < 4.78 is 66.5. The molecule has 3 rings (SSSR count). The van der Waals surface area contributed by atoms with Gasteiger partial charge in [-0.1, -0.05) is 18.2 Å². The zero-order chi connectivity index (χ0) is 27.6. The first kappa shape index (κ1) is 29.1. The number of nitrogens with one attached hydrogen (secondary N) is 2. The fourth-order valence-corrected chi connectivity index (χ4v) is 5.24. The van der Waals surface area contributed by atoms with Crippen molar-refractivity contribution in [3.8, 4) is 5.75 Å². The lowest BCUT2D eigenvalue weighted by atomic mass is 9.97. The van der Waals surface area contributed by atoms with Crippen molar-refractivity contribution in [3.63, 3.8) is 0 Å². The first-order valence-corrected chi connectivity index (χ1v) is 13.1. The minimum absolute atomic E-state index is 0.0521. The molecule has 1 aliphatic rings. The molecule has 1 fully saturated rings. The standard InChI is InChI=1S/C22H28F2N3O8PS/c1-13(2)33-17(29)14(3)26-36(31,35-15-8-6-5-7-9-15)32-12-22(24)18(30)21(4,23)19(34-22)27-11-10-16(28)25-20(27)37/h5-11,13-14,18-19,30H,12H2,1-4H3,(H,26,31)(H,25,28,37). The van der Waals surface area contributed by atoms with Crippen LogP contribution in [0.3, 0.4) is 0 Å². The maximum Gasteiger partial charge on any atom is 0.459 e. The summed E-state index contributed by atoms with van der Waals surface area (Å²) in [5, 5.41) is 12.9. The highest BCUT2D eigenvalue weighted by molar-refractivity contribution is 7.71. The summed E-state index contributed by atoms with van der Waals surface area (Å²) in [4.78, 5) is 26.0. The molecule has 1 aliphatic heterocycles. The van der Waals surface area contributed by atoms with Gasteiger partial charge in [0.25, 0.3) is 11.4 Å². The Labute approximate surface area is 216 Å². The smallest absolute Gasteiger partial charge is 0.459 e. The molecule has 2 heterocycles. The number of hydrogen-bond donors (Lipinski definition) is 3. The third-order valence-electron chi connectivity index (χ3n) is 5.29. The number of aromatic nitrogens is 2. The second kappa shape index (κ2) is 11.1. The van der Waals surface area contributed by atoms with Crippen molar-refractivity contribution in [2.24, 2.45) is 0 Å². The summed E-state index contributed by atoms with van der Waals surface area (Å²) in [7, 11) is -4.55. The fourth-order valence-electron chi connectivity index (χ4n) is 3.48. The van der Waals surface area contributed by atoms with E-state index in [1.165, 1.54) is 19.1 Å². The third-order valence-corrected chi connectivity index (χ3v) is 7.23. The van der Waals surface area contributed by atoms with Crippen LogP contribution in [0.4, 0.5) is 8.78 Å². The Hall–Kier alpha value is -2.48. The monoisotopic (exact) mass is 563 g/mol. The number of halogens is 2. The maximum atomic E-state index is 15.8. The molecule has 0 spiro atoms. The van der Waals surface area contributed by atoms with Crippen molar-refractivity contribution in [2.75, 3.05) is 6.61 Å². The molecule has 204 valence electrons. The van der Waals surface area contributed by atoms with Crippen molar-refractivity contribution in [3.05, 3.63) is 57.7 Å². The highest BCUT2D eigenvalue weighted by Gasteiger charge is 2.65. The maximum absolute atomic E-state index is 15.8. The van der Waals surface area contributed by atoms with Crippen molar-refractivity contribution >= 4 is 25.9 Å². The molecule has 6 unspecified atom stereocenters. The Morgan fingerprint density at radius 3 is 2.54 bits per heavy atom. The van der Waals surface area contributed by atoms with Gasteiger partial charge in [-0.3, -0.25) is 23.7 Å². The predicted molar refractivity (Wildman–Crippen MR) is 130 cm³/mol. The second-order valence-corrected chi connectivity index (χ2v) is 10.9. The molecule has 11 nitrogen and oxygen atoms in total. The molecule has 2 aromatic rings. The Balaban J connectivity index is 1.86. The van der Waals surface area contributed by atoms with Crippen molar-refractivity contribution in [1.29, 1.82) is 0 Å². The number of para-hydroxylation sites is 1. The number of aromatic amines is 1. The van der Waals surface area contributed by atoms with Crippen LogP contribution in [0, 0.1) is 4.77 Å². The molecule has 6 atom stereocenters. The minimum Gasteiger partial charge on any atom is -0.462 e. The highest BCUT2D eigenvalue weighted by Crippen LogP contribution is 2.51. The van der Waals surface area contributed by atoms with Gasteiger partial charge in [0.1, 0.15) is 18.4 Å². The van der Waals surface area contributed by atoms with Crippen LogP contribution in [0.15, 0.2) is 47.4 Å². The molecule has 15 heteroatoms. The summed E-state index contributed by atoms with van der Waals surface area (Å²) in [6, 6.07) is 7.48. The second-order valence-electron chi connectivity index (χ2n) is 8.84. The first-order chi connectivity index (χ1) is 17.2. The molecular formula is C22H28F2N3O8PS. The van der Waals surface area contributed by atoms with Crippen LogP contribution < -0.4 is 15.2 Å². The Bertz CT molecular complexity index is 1270. The molecule has 3 N–H and O–H groups in total. The van der Waals surface area contributed by atoms with Crippen molar-refractivity contribution < 1.29 is 41.8 Å². The Morgan fingerprint density at radius 1 is 1.30 bits per heavy atom. The van der Waals surface area contributed by atoms with Gasteiger partial charge < -0.3 is 19.1 Å². The van der Waals surface area contributed by atoms with E-state index in [4.69, 9.17) is 30.7 Å². The summed E-state index contributed by atoms with van der Waals surface area (Å²) in [5.41, 5.74) is -3.34. The highest BCUT2D eigenvalue weighted by atomic mass is 32.1. The number of hydrogen-bond acceptors (Lipinski definition) is 9. The van der Waals surface area contributed by atoms with Gasteiger partial charge in [0.05, 0.1) is 6.10 Å². The van der Waals surface area contributed by atoms with E-state index in [9.17, 15) is 19.3 Å². The zero-order valence-electron chi connectivity index (χ0n) is 20.4. The van der Waals surface area contributed by atoms with E-state index >= 15 is 8.78 Å². The van der Waals surface area contributed by atoms with Gasteiger partial charge in [-0.05, 0) is 52.0 Å². The summed E-state index contributed by atoms with van der Waals surface area (Å²) >= 11 is 5.00. The van der Waals surface area contributed by atoms with Crippen LogP contribution in [0.5, 0.6) is 5.75 Å². The number of ether oxygens (including phenoxy) is 2. The topological polar surface area (TPSA) is 141 Å². The van der Waals surface area contributed by atoms with Gasteiger partial charge in [0.2, 0.25) is 0 Å². The molecule has 37 heavy (non-hydrogen) atoms. The molecule has 0 aliphatic carbocycles. The SMILES string of the molecule is CC(C)OC(=O)C(C)NP(=O)(OCC1(F)OC(n2ccc(=O)[nH]c2=S)C(C)(F)C1O)Oc1ccccc1. The number of benzene rings is 1. The van der Waals surface area contributed by atoms with Gasteiger partial charge in [-0.2, -0.15) is 5.09 Å². The quantitative estimate of drug-likeness (QED) is 0.224. The van der Waals surface area contributed by atoms with Crippen molar-refractivity contribution in [2.45, 2.75) is 63.7 Å². The van der Waals surface area contributed by atoms with Gasteiger partial charge in [0, 0.05) is 12.3 Å². The lowest BCUT2D eigenvalue weighted by Gasteiger charge is -2.28. The van der Waals surface area contributed by atoms with Crippen LogP contribution in [-0.2, 0) is 23.4 Å². The number of nitrogens with zero attached hydrogens (tertiary/aromatic N) is 1. The van der Waals surface area contributed by atoms with E-state index in [-0.39, 0.29) is 10.5 Å². The number of carbonyl (C=O) groups excluding carboxylic acids is 1. The molecule has 1 saturated heterocycles. The average Bonchev–Trinajstić information content (AvgIpc) is 2.98. The molecule has 0 radical (unpaired) electrons. The van der Waals surface area contributed by atoms with E-state index in [0.717, 1.165) is 23.8 Å². The number of carbonyl (C=O) groups is 1. The number of aliphatic hydroxyl groups is 1. The number of aliphatic hydroxyl groups excluding tert-OH is 1. The molecule has 0 saturated carbocycles. The average molecular weight is 564 g/mol. The lowest BCUT2D eigenvalue weighted by Crippen LogP contribution is -2.47. The number of esters is 1. The van der Waals surface area contributed by atoms with E-state index in [2.05, 4.69) is 10.1 Å². The van der Waals surface area contributed by atoms with E-state index in [1.54, 1.807) is 32.0 Å². The molecule has 0 bridgehead atoms. The van der Waals surface area contributed by atoms with Gasteiger partial charge in [0.15, 0.2) is 22.8 Å². The van der Waals surface area contributed by atoms with Crippen LogP contribution in [0.25, 0.3) is 0 Å². The summed E-state index contributed by atoms with van der Waals surface area (Å²) in [5.74, 6) is -3.97. The number of rotatable bonds is 10. The van der Waals surface area contributed by atoms with Gasteiger partial charge in [-0.25, -0.2) is 13.3 Å². The summed E-state index contributed by atoms with van der Waals surface area (Å²) in [6.07, 6.45) is -3.65. The predicted octanol–water partition coefficient (Wildman–Crippen LogP) is 3.32. The normalized spacial score (nSPS) is 28.0. The number of alkyl halides is 2. The van der Waals surface area contributed by atoms with Crippen LogP contribution in [0.2, 0.25) is 0 Å². The Morgan fingerprint density at radius 2 is 1.95 bits per heavy atom. The molecule has 1 aromatic carbocycles. The molecule has 1 aromatic heterocycles. The van der Waals surface area contributed by atoms with Crippen molar-refractivity contribution in [1.82, 2.24) is 14.6 Å². The first-order valence-electron chi connectivity index (χ1n) is 11.2. The van der Waals surface area contributed by atoms with Crippen LogP contribution in [-0.4, -0.2) is 57.0 Å². The molecule has 0 amide bonds. The molecular weight excluding hydrogens is 535 g/mol. The lowest BCUT2D eigenvalue weighted by molar-refractivity contribution is -0.203. The van der Waals surface area contributed by atoms with Gasteiger partial charge >= 0.3 is 13.7 Å². The summed E-state index contributed by atoms with van der Waals surface area (Å²) in [6.45, 7) is 4.16. The Kier molecular flexibility index (Phi) is 8.72. The van der Waals surface area contributed by atoms with E-state index in [0.29, 0.717) is 0 Å². The van der Waals surface area contributed by atoms with E-state index in [1.807, 2.05) is 0 Å². The fraction of sp³-hybridized carbons (Fsp3) is 0.500. The van der Waals surface area contributed by atoms with Crippen LogP contribution >= 0.6 is 20.0 Å². The third kappa shape index (κ3) is 6.70. The zero-order valence-corrected chi connectivity index (χ0v) is 22.1. The van der Waals surface area contributed by atoms with E-state index < -0.39 is 61.9 Å². The number of H-pyrrole nitrogens is 1. The largest absolute Gasteiger partial charge is 0.462 e. The van der Waals surface area contributed by atoms with Crippen LogP contribution in [0.1, 0.15) is 33.9 Å². The minimum atomic E-state index is -4.55. The van der Waals surface area contributed by atoms with Gasteiger partial charge in [-0.15, -0.1) is 0 Å².